The van der Waals surface area contributed by atoms with Crippen LogP contribution in [0.15, 0.2) is 43.0 Å². The summed E-state index contributed by atoms with van der Waals surface area (Å²) in [6.07, 6.45) is 6.08. The zero-order chi connectivity index (χ0) is 11.2. The van der Waals surface area contributed by atoms with Gasteiger partial charge in [0.15, 0.2) is 5.82 Å². The first-order valence-electron chi connectivity index (χ1n) is 4.59. The second-order valence-corrected chi connectivity index (χ2v) is 2.88. The summed E-state index contributed by atoms with van der Waals surface area (Å²) >= 11 is 0. The number of pyridine rings is 1. The molecule has 2 aromatic heterocycles. The summed E-state index contributed by atoms with van der Waals surface area (Å²) in [7, 11) is 0. The third-order valence-corrected chi connectivity index (χ3v) is 1.71. The van der Waals surface area contributed by atoms with Gasteiger partial charge in [-0.3, -0.25) is 15.6 Å². The number of amides is 2. The molecular weight excluding hydrogens is 206 g/mol. The first-order chi connectivity index (χ1) is 7.84. The molecule has 6 heteroatoms. The Labute approximate surface area is 91.8 Å². The number of urea groups is 1. The van der Waals surface area contributed by atoms with E-state index in [1.807, 2.05) is 0 Å². The highest BCUT2D eigenvalue weighted by Crippen LogP contribution is 2.02. The largest absolute Gasteiger partial charge is 0.326 e. The van der Waals surface area contributed by atoms with Gasteiger partial charge in [-0.05, 0) is 12.1 Å². The van der Waals surface area contributed by atoms with Crippen molar-refractivity contribution in [3.05, 3.63) is 43.0 Å². The number of carbonyl (C=O) groups is 1. The van der Waals surface area contributed by atoms with Crippen molar-refractivity contribution in [1.82, 2.24) is 15.0 Å². The predicted octanol–water partition coefficient (Wildman–Crippen LogP) is 1.52. The van der Waals surface area contributed by atoms with E-state index in [0.29, 0.717) is 11.6 Å². The number of nitrogens with zero attached hydrogens (tertiary/aromatic N) is 3. The molecule has 2 N–H and O–H groups in total. The minimum absolute atomic E-state index is 0.385. The average Bonchev–Trinajstić information content (AvgIpc) is 2.31. The van der Waals surface area contributed by atoms with E-state index in [1.165, 1.54) is 18.6 Å². The average molecular weight is 215 g/mol. The summed E-state index contributed by atoms with van der Waals surface area (Å²) in [5.74, 6) is 0.861. The standard InChI is InChI=1S/C10H9N5O/c16-10(14-8-3-1-2-4-12-8)15-9-7-11-5-6-13-9/h1-7H,(H2,12,13,14,15,16). The Morgan fingerprint density at radius 1 is 1.00 bits per heavy atom. The van der Waals surface area contributed by atoms with Crippen LogP contribution in [0.5, 0.6) is 0 Å². The molecule has 2 amide bonds. The van der Waals surface area contributed by atoms with Crippen LogP contribution in [-0.2, 0) is 0 Å². The van der Waals surface area contributed by atoms with E-state index in [1.54, 1.807) is 24.4 Å². The van der Waals surface area contributed by atoms with Gasteiger partial charge in [-0.2, -0.15) is 0 Å². The zero-order valence-electron chi connectivity index (χ0n) is 8.29. The molecule has 0 aliphatic heterocycles. The van der Waals surface area contributed by atoms with Crippen molar-refractivity contribution in [3.63, 3.8) is 0 Å². The van der Waals surface area contributed by atoms with Crippen molar-refractivity contribution >= 4 is 17.7 Å². The van der Waals surface area contributed by atoms with Gasteiger partial charge in [-0.25, -0.2) is 14.8 Å². The third kappa shape index (κ3) is 2.74. The Balaban J connectivity index is 1.95. The Hall–Kier alpha value is -2.50. The quantitative estimate of drug-likeness (QED) is 0.795. The lowest BCUT2D eigenvalue weighted by Crippen LogP contribution is -2.20. The Morgan fingerprint density at radius 2 is 1.81 bits per heavy atom. The maximum Gasteiger partial charge on any atom is 0.326 e. The lowest BCUT2D eigenvalue weighted by molar-refractivity contribution is 0.262. The van der Waals surface area contributed by atoms with Crippen molar-refractivity contribution in [1.29, 1.82) is 0 Å². The number of hydrogen-bond donors (Lipinski definition) is 2. The van der Waals surface area contributed by atoms with Crippen molar-refractivity contribution < 1.29 is 4.79 Å². The summed E-state index contributed by atoms with van der Waals surface area (Å²) in [5.41, 5.74) is 0. The number of hydrogen-bond acceptors (Lipinski definition) is 4. The molecule has 0 aliphatic carbocycles. The van der Waals surface area contributed by atoms with Crippen molar-refractivity contribution in [3.8, 4) is 0 Å². The van der Waals surface area contributed by atoms with Crippen LogP contribution >= 0.6 is 0 Å². The summed E-state index contributed by atoms with van der Waals surface area (Å²) in [4.78, 5) is 23.1. The molecule has 16 heavy (non-hydrogen) atoms. The first kappa shape index (κ1) is 10.0. The highest BCUT2D eigenvalue weighted by molar-refractivity contribution is 5.98. The SMILES string of the molecule is O=C(Nc1ccccn1)Nc1cnccn1. The smallest absolute Gasteiger partial charge is 0.292 e. The van der Waals surface area contributed by atoms with Gasteiger partial charge < -0.3 is 0 Å². The van der Waals surface area contributed by atoms with Gasteiger partial charge in [0.25, 0.3) is 0 Å². The van der Waals surface area contributed by atoms with E-state index in [0.717, 1.165) is 0 Å². The van der Waals surface area contributed by atoms with Gasteiger partial charge in [-0.15, -0.1) is 0 Å². The molecule has 0 unspecified atom stereocenters. The fraction of sp³-hybridized carbons (Fsp3) is 0. The second kappa shape index (κ2) is 4.83. The Morgan fingerprint density at radius 3 is 2.50 bits per heavy atom. The van der Waals surface area contributed by atoms with Crippen LogP contribution in [0.3, 0.4) is 0 Å². The van der Waals surface area contributed by atoms with Gasteiger partial charge in [-0.1, -0.05) is 6.07 Å². The normalized spacial score (nSPS) is 9.50. The third-order valence-electron chi connectivity index (χ3n) is 1.71. The predicted molar refractivity (Wildman–Crippen MR) is 58.9 cm³/mol. The minimum Gasteiger partial charge on any atom is -0.292 e. The minimum atomic E-state index is -0.404. The fourth-order valence-electron chi connectivity index (χ4n) is 1.06. The Bertz CT molecular complexity index is 416. The van der Waals surface area contributed by atoms with Crippen molar-refractivity contribution in [2.45, 2.75) is 0 Å². The van der Waals surface area contributed by atoms with Crippen LogP contribution in [-0.4, -0.2) is 21.0 Å². The number of aromatic nitrogens is 3. The van der Waals surface area contributed by atoms with Crippen molar-refractivity contribution in [2.75, 3.05) is 10.6 Å². The molecule has 0 bridgehead atoms. The van der Waals surface area contributed by atoms with Crippen LogP contribution in [0, 0.1) is 0 Å². The van der Waals surface area contributed by atoms with E-state index in [4.69, 9.17) is 0 Å². The highest BCUT2D eigenvalue weighted by Gasteiger charge is 2.02. The van der Waals surface area contributed by atoms with Gasteiger partial charge >= 0.3 is 6.03 Å². The highest BCUT2D eigenvalue weighted by atomic mass is 16.2. The molecule has 2 aromatic rings. The lowest BCUT2D eigenvalue weighted by atomic mass is 10.5. The molecule has 0 atom stereocenters. The molecule has 2 rings (SSSR count). The van der Waals surface area contributed by atoms with Crippen LogP contribution in [0.4, 0.5) is 16.4 Å². The van der Waals surface area contributed by atoms with Gasteiger partial charge in [0.2, 0.25) is 0 Å². The summed E-state index contributed by atoms with van der Waals surface area (Å²) < 4.78 is 0. The van der Waals surface area contributed by atoms with E-state index in [9.17, 15) is 4.79 Å². The van der Waals surface area contributed by atoms with E-state index in [-0.39, 0.29) is 0 Å². The van der Waals surface area contributed by atoms with E-state index >= 15 is 0 Å². The number of anilines is 2. The summed E-state index contributed by atoms with van der Waals surface area (Å²) in [5, 5.41) is 5.09. The fourth-order valence-corrected chi connectivity index (χ4v) is 1.06. The zero-order valence-corrected chi connectivity index (χ0v) is 8.29. The van der Waals surface area contributed by atoms with E-state index < -0.39 is 6.03 Å². The number of rotatable bonds is 2. The first-order valence-corrected chi connectivity index (χ1v) is 4.59. The molecule has 2 heterocycles. The van der Waals surface area contributed by atoms with Crippen LogP contribution in [0.2, 0.25) is 0 Å². The molecule has 80 valence electrons. The molecule has 0 spiro atoms. The van der Waals surface area contributed by atoms with E-state index in [2.05, 4.69) is 25.6 Å². The van der Waals surface area contributed by atoms with Crippen LogP contribution < -0.4 is 10.6 Å². The topological polar surface area (TPSA) is 79.8 Å². The maximum absolute atomic E-state index is 11.5. The van der Waals surface area contributed by atoms with Crippen LogP contribution in [0.1, 0.15) is 0 Å². The number of carbonyl (C=O) groups excluding carboxylic acids is 1. The molecule has 0 saturated carbocycles. The lowest BCUT2D eigenvalue weighted by Gasteiger charge is -2.04. The maximum atomic E-state index is 11.5. The second-order valence-electron chi connectivity index (χ2n) is 2.88. The molecule has 0 saturated heterocycles. The Kier molecular flexibility index (Phi) is 3.03. The molecule has 0 aliphatic rings. The van der Waals surface area contributed by atoms with Gasteiger partial charge in [0.05, 0.1) is 6.20 Å². The molecule has 6 nitrogen and oxygen atoms in total. The molecule has 0 fully saturated rings. The van der Waals surface area contributed by atoms with Gasteiger partial charge in [0.1, 0.15) is 5.82 Å². The number of nitrogens with one attached hydrogen (secondary N) is 2. The monoisotopic (exact) mass is 215 g/mol. The molecule has 0 aromatic carbocycles. The summed E-state index contributed by atoms with van der Waals surface area (Å²) in [6.45, 7) is 0. The van der Waals surface area contributed by atoms with Gasteiger partial charge in [0, 0.05) is 18.6 Å². The molecular formula is C10H9N5O. The van der Waals surface area contributed by atoms with Crippen LogP contribution in [0.25, 0.3) is 0 Å². The molecule has 0 radical (unpaired) electrons. The summed E-state index contributed by atoms with van der Waals surface area (Å²) in [6, 6.07) is 4.84. The van der Waals surface area contributed by atoms with Crippen molar-refractivity contribution in [2.24, 2.45) is 0 Å².